The summed E-state index contributed by atoms with van der Waals surface area (Å²) in [6.45, 7) is 1.76. The van der Waals surface area contributed by atoms with Gasteiger partial charge in [0.2, 0.25) is 5.91 Å². The number of hydrogen-bond acceptors (Lipinski definition) is 6. The van der Waals surface area contributed by atoms with Crippen LogP contribution < -0.4 is 5.32 Å². The zero-order chi connectivity index (χ0) is 17.8. The fraction of sp³-hybridized carbons (Fsp3) is 0.389. The molecule has 25 heavy (non-hydrogen) atoms. The molecule has 1 aliphatic rings. The second-order valence-electron chi connectivity index (χ2n) is 6.42. The van der Waals surface area contributed by atoms with Crippen LogP contribution >= 0.6 is 11.8 Å². The lowest BCUT2D eigenvalue weighted by Gasteiger charge is -2.21. The molecule has 2 aromatic rings. The SMILES string of the molecule is CN(C)CCCN(C)C(=O)Cc1ccc2c(c1)Nc1nccnc1S2. The van der Waals surface area contributed by atoms with Crippen LogP contribution in [-0.4, -0.2) is 59.9 Å². The predicted octanol–water partition coefficient (Wildman–Crippen LogP) is 2.64. The minimum absolute atomic E-state index is 0.141. The van der Waals surface area contributed by atoms with Gasteiger partial charge in [0.15, 0.2) is 5.82 Å². The highest BCUT2D eigenvalue weighted by Gasteiger charge is 2.18. The lowest BCUT2D eigenvalue weighted by atomic mass is 10.1. The summed E-state index contributed by atoms with van der Waals surface area (Å²) in [7, 11) is 5.96. The van der Waals surface area contributed by atoms with E-state index in [0.29, 0.717) is 6.42 Å². The first-order chi connectivity index (χ1) is 12.0. The van der Waals surface area contributed by atoms with Crippen LogP contribution in [0.15, 0.2) is 40.5 Å². The fourth-order valence-corrected chi connectivity index (χ4v) is 3.53. The number of anilines is 2. The van der Waals surface area contributed by atoms with Crippen molar-refractivity contribution < 1.29 is 4.79 Å². The summed E-state index contributed by atoms with van der Waals surface area (Å²) in [6, 6.07) is 6.09. The van der Waals surface area contributed by atoms with E-state index in [-0.39, 0.29) is 5.91 Å². The molecule has 1 aromatic carbocycles. The number of benzene rings is 1. The lowest BCUT2D eigenvalue weighted by Crippen LogP contribution is -2.30. The molecule has 1 N–H and O–H groups in total. The molecular weight excluding hydrogens is 334 g/mol. The molecule has 0 aliphatic carbocycles. The quantitative estimate of drug-likeness (QED) is 0.732. The lowest BCUT2D eigenvalue weighted by molar-refractivity contribution is -0.129. The number of carbonyl (C=O) groups excluding carboxylic acids is 1. The molecule has 0 atom stereocenters. The van der Waals surface area contributed by atoms with Gasteiger partial charge in [-0.3, -0.25) is 4.79 Å². The van der Waals surface area contributed by atoms with E-state index >= 15 is 0 Å². The second-order valence-corrected chi connectivity index (χ2v) is 7.45. The number of aromatic nitrogens is 2. The molecule has 0 spiro atoms. The van der Waals surface area contributed by atoms with Crippen molar-refractivity contribution in [2.45, 2.75) is 22.8 Å². The van der Waals surface area contributed by atoms with Gasteiger partial charge in [-0.1, -0.05) is 17.8 Å². The van der Waals surface area contributed by atoms with Crippen LogP contribution in [0.3, 0.4) is 0 Å². The third-order valence-electron chi connectivity index (χ3n) is 4.05. The molecule has 1 amide bonds. The largest absolute Gasteiger partial charge is 0.345 e. The summed E-state index contributed by atoms with van der Waals surface area (Å²) in [5, 5.41) is 4.18. The van der Waals surface area contributed by atoms with Crippen LogP contribution in [0.1, 0.15) is 12.0 Å². The van der Waals surface area contributed by atoms with Gasteiger partial charge < -0.3 is 15.1 Å². The Hall–Kier alpha value is -2.12. The van der Waals surface area contributed by atoms with Gasteiger partial charge in [-0.05, 0) is 44.8 Å². The van der Waals surface area contributed by atoms with E-state index in [4.69, 9.17) is 0 Å². The molecule has 2 heterocycles. The van der Waals surface area contributed by atoms with Crippen molar-refractivity contribution in [3.05, 3.63) is 36.2 Å². The van der Waals surface area contributed by atoms with E-state index in [0.717, 1.165) is 46.5 Å². The fourth-order valence-electron chi connectivity index (χ4n) is 2.65. The zero-order valence-electron chi connectivity index (χ0n) is 14.8. The van der Waals surface area contributed by atoms with Crippen LogP contribution in [0, 0.1) is 0 Å². The van der Waals surface area contributed by atoms with Crippen LogP contribution in [0.5, 0.6) is 0 Å². The van der Waals surface area contributed by atoms with Gasteiger partial charge in [-0.2, -0.15) is 0 Å². The van der Waals surface area contributed by atoms with E-state index in [1.54, 1.807) is 24.2 Å². The molecule has 0 fully saturated rings. The average Bonchev–Trinajstić information content (AvgIpc) is 2.59. The number of rotatable bonds is 6. The second kappa shape index (κ2) is 7.84. The Bertz CT molecular complexity index is 765. The Labute approximate surface area is 152 Å². The highest BCUT2D eigenvalue weighted by atomic mass is 32.2. The highest BCUT2D eigenvalue weighted by molar-refractivity contribution is 7.99. The summed E-state index contributed by atoms with van der Waals surface area (Å²) < 4.78 is 0. The van der Waals surface area contributed by atoms with Crippen LogP contribution in [0.25, 0.3) is 0 Å². The van der Waals surface area contributed by atoms with Gasteiger partial charge in [-0.15, -0.1) is 0 Å². The normalized spacial score (nSPS) is 12.3. The third-order valence-corrected chi connectivity index (χ3v) is 5.12. The molecule has 6 nitrogen and oxygen atoms in total. The van der Waals surface area contributed by atoms with Crippen molar-refractivity contribution in [3.8, 4) is 0 Å². The van der Waals surface area contributed by atoms with Gasteiger partial charge in [-0.25, -0.2) is 9.97 Å². The molecular formula is C18H23N5OS. The van der Waals surface area contributed by atoms with Crippen molar-refractivity contribution >= 4 is 29.2 Å². The van der Waals surface area contributed by atoms with Crippen molar-refractivity contribution in [1.82, 2.24) is 19.8 Å². The van der Waals surface area contributed by atoms with Gasteiger partial charge in [0.1, 0.15) is 5.03 Å². The predicted molar refractivity (Wildman–Crippen MR) is 100 cm³/mol. The number of nitrogens with one attached hydrogen (secondary N) is 1. The minimum atomic E-state index is 0.141. The third kappa shape index (κ3) is 4.49. The molecule has 0 radical (unpaired) electrons. The summed E-state index contributed by atoms with van der Waals surface area (Å²) in [6.07, 6.45) is 4.75. The number of carbonyl (C=O) groups is 1. The number of nitrogens with zero attached hydrogens (tertiary/aromatic N) is 4. The minimum Gasteiger partial charge on any atom is -0.345 e. The number of likely N-dealkylation sites (N-methyl/N-ethyl adjacent to an activating group) is 1. The Kier molecular flexibility index (Phi) is 5.55. The molecule has 1 aliphatic heterocycles. The summed E-state index contributed by atoms with van der Waals surface area (Å²) >= 11 is 1.59. The maximum atomic E-state index is 12.4. The van der Waals surface area contributed by atoms with Gasteiger partial charge in [0.25, 0.3) is 0 Å². The first kappa shape index (κ1) is 17.7. The number of amides is 1. The summed E-state index contributed by atoms with van der Waals surface area (Å²) in [4.78, 5) is 26.1. The summed E-state index contributed by atoms with van der Waals surface area (Å²) in [5.74, 6) is 0.909. The van der Waals surface area contributed by atoms with E-state index in [2.05, 4.69) is 20.2 Å². The Balaban J connectivity index is 1.62. The molecule has 1 aromatic heterocycles. The van der Waals surface area contributed by atoms with Crippen molar-refractivity contribution in [2.75, 3.05) is 39.5 Å². The maximum absolute atomic E-state index is 12.4. The standard InChI is InChI=1S/C18H23N5OS/c1-22(2)9-4-10-23(3)16(24)12-13-5-6-15-14(11-13)21-17-18(25-15)20-8-7-19-17/h5-8,11H,4,9-10,12H2,1-3H3,(H,19,21). The molecule has 0 unspecified atom stereocenters. The Morgan fingerprint density at radius 3 is 2.76 bits per heavy atom. The van der Waals surface area contributed by atoms with E-state index in [1.165, 1.54) is 0 Å². The maximum Gasteiger partial charge on any atom is 0.226 e. The van der Waals surface area contributed by atoms with Crippen molar-refractivity contribution in [2.24, 2.45) is 0 Å². The van der Waals surface area contributed by atoms with E-state index in [1.807, 2.05) is 44.2 Å². The topological polar surface area (TPSA) is 61.4 Å². The van der Waals surface area contributed by atoms with Gasteiger partial charge >= 0.3 is 0 Å². The molecule has 0 saturated heterocycles. The molecule has 0 bridgehead atoms. The van der Waals surface area contributed by atoms with Crippen LogP contribution in [0.4, 0.5) is 11.5 Å². The monoisotopic (exact) mass is 357 g/mol. The molecule has 0 saturated carbocycles. The van der Waals surface area contributed by atoms with Gasteiger partial charge in [0.05, 0.1) is 12.1 Å². The summed E-state index contributed by atoms with van der Waals surface area (Å²) in [5.41, 5.74) is 1.99. The van der Waals surface area contributed by atoms with Crippen molar-refractivity contribution in [3.63, 3.8) is 0 Å². The van der Waals surface area contributed by atoms with Crippen LogP contribution in [-0.2, 0) is 11.2 Å². The van der Waals surface area contributed by atoms with E-state index in [9.17, 15) is 4.79 Å². The number of hydrogen-bond donors (Lipinski definition) is 1. The smallest absolute Gasteiger partial charge is 0.226 e. The Morgan fingerprint density at radius 1 is 1.16 bits per heavy atom. The average molecular weight is 357 g/mol. The first-order valence-corrected chi connectivity index (χ1v) is 9.12. The van der Waals surface area contributed by atoms with E-state index < -0.39 is 0 Å². The van der Waals surface area contributed by atoms with Crippen molar-refractivity contribution in [1.29, 1.82) is 0 Å². The molecule has 132 valence electrons. The number of fused-ring (bicyclic) bond motifs is 2. The first-order valence-electron chi connectivity index (χ1n) is 8.30. The van der Waals surface area contributed by atoms with Gasteiger partial charge in [0, 0.05) is 30.9 Å². The molecule has 3 rings (SSSR count). The molecule has 7 heteroatoms. The highest BCUT2D eigenvalue weighted by Crippen LogP contribution is 2.42. The zero-order valence-corrected chi connectivity index (χ0v) is 15.6. The van der Waals surface area contributed by atoms with Crippen LogP contribution in [0.2, 0.25) is 0 Å². The Morgan fingerprint density at radius 2 is 1.96 bits per heavy atom.